The first-order chi connectivity index (χ1) is 13.3. The molecule has 0 saturated carbocycles. The third kappa shape index (κ3) is 4.37. The van der Waals surface area contributed by atoms with Gasteiger partial charge in [-0.15, -0.1) is 0 Å². The smallest absolute Gasteiger partial charge is 0.248 e. The van der Waals surface area contributed by atoms with Crippen LogP contribution in [0, 0.1) is 19.7 Å². The molecule has 0 saturated heterocycles. The summed E-state index contributed by atoms with van der Waals surface area (Å²) in [7, 11) is 0. The van der Waals surface area contributed by atoms with Gasteiger partial charge in [-0.25, -0.2) is 9.38 Å². The van der Waals surface area contributed by atoms with Gasteiger partial charge >= 0.3 is 0 Å². The predicted molar refractivity (Wildman–Crippen MR) is 109 cm³/mol. The van der Waals surface area contributed by atoms with E-state index in [2.05, 4.69) is 15.6 Å². The second-order valence-corrected chi connectivity index (χ2v) is 6.78. The molecule has 0 fully saturated rings. The topological polar surface area (TPSA) is 106 Å². The molecule has 0 aliphatic carbocycles. The second kappa shape index (κ2) is 8.22. The Morgan fingerprint density at radius 2 is 1.89 bits per heavy atom. The Morgan fingerprint density at radius 3 is 2.57 bits per heavy atom. The molecule has 3 rings (SSSR count). The van der Waals surface area contributed by atoms with E-state index in [0.717, 1.165) is 23.1 Å². The monoisotopic (exact) mass is 381 g/mol. The largest absolute Gasteiger partial charge is 0.370 e. The fraction of sp³-hybridized carbons (Fsp3) is 0.238. The molecule has 1 atom stereocenters. The number of aliphatic imine (C=N–C) groups is 1. The first kappa shape index (κ1) is 19.6. The van der Waals surface area contributed by atoms with Crippen LogP contribution in [0.5, 0.6) is 0 Å². The van der Waals surface area contributed by atoms with Gasteiger partial charge in [0.15, 0.2) is 5.96 Å². The van der Waals surface area contributed by atoms with Gasteiger partial charge in [-0.1, -0.05) is 12.1 Å². The van der Waals surface area contributed by atoms with E-state index in [1.165, 1.54) is 6.07 Å². The van der Waals surface area contributed by atoms with Gasteiger partial charge in [-0.3, -0.25) is 10.1 Å². The third-order valence-electron chi connectivity index (χ3n) is 4.88. The molecule has 28 heavy (non-hydrogen) atoms. The number of carbonyl (C=O) groups is 1. The van der Waals surface area contributed by atoms with Gasteiger partial charge in [0.2, 0.25) is 5.91 Å². The number of hydrogen-bond donors (Lipinski definition) is 4. The lowest BCUT2D eigenvalue weighted by Crippen LogP contribution is -2.49. The molecule has 0 bridgehead atoms. The summed E-state index contributed by atoms with van der Waals surface area (Å²) < 4.78 is 13.7. The van der Waals surface area contributed by atoms with E-state index in [0.29, 0.717) is 29.3 Å². The molecule has 1 heterocycles. The molecule has 7 heteroatoms. The highest BCUT2D eigenvalue weighted by molar-refractivity contribution is 5.92. The molecule has 1 unspecified atom stereocenters. The molecule has 0 radical (unpaired) electrons. The van der Waals surface area contributed by atoms with Gasteiger partial charge in [0.25, 0.3) is 0 Å². The summed E-state index contributed by atoms with van der Waals surface area (Å²) in [5, 5.41) is 6.45. The van der Waals surface area contributed by atoms with Crippen molar-refractivity contribution in [1.82, 2.24) is 10.6 Å². The minimum Gasteiger partial charge on any atom is -0.370 e. The Hall–Kier alpha value is -3.19. The number of hydrogen-bond acceptors (Lipinski definition) is 5. The summed E-state index contributed by atoms with van der Waals surface area (Å²) in [6.45, 7) is 4.31. The molecular formula is C21H24FN5O. The molecule has 146 valence electrons. The molecule has 0 spiro atoms. The summed E-state index contributed by atoms with van der Waals surface area (Å²) in [4.78, 5) is 15.5. The number of nitrogens with two attached hydrogens (primary N) is 2. The highest BCUT2D eigenvalue weighted by Gasteiger charge is 2.17. The fourth-order valence-corrected chi connectivity index (χ4v) is 3.09. The van der Waals surface area contributed by atoms with Gasteiger partial charge in [-0.05, 0) is 67.3 Å². The zero-order valence-electron chi connectivity index (χ0n) is 15.9. The van der Waals surface area contributed by atoms with Crippen molar-refractivity contribution in [2.75, 3.05) is 6.54 Å². The molecule has 6 nitrogen and oxygen atoms in total. The van der Waals surface area contributed by atoms with E-state index in [1.807, 2.05) is 25.1 Å². The van der Waals surface area contributed by atoms with Crippen LogP contribution in [0.4, 0.5) is 4.39 Å². The number of nitrogens with zero attached hydrogens (tertiary/aromatic N) is 1. The van der Waals surface area contributed by atoms with Gasteiger partial charge in [0, 0.05) is 17.7 Å². The number of carbonyl (C=O) groups excluding carboxylic acids is 1. The van der Waals surface area contributed by atoms with E-state index in [4.69, 9.17) is 11.5 Å². The molecule has 6 N–H and O–H groups in total. The first-order valence-electron chi connectivity index (χ1n) is 9.06. The maximum atomic E-state index is 13.7. The Labute approximate surface area is 163 Å². The normalized spacial score (nSPS) is 16.2. The number of halogens is 1. The number of nitrogens with one attached hydrogen (secondary N) is 2. The van der Waals surface area contributed by atoms with Crippen molar-refractivity contribution in [3.63, 3.8) is 0 Å². The maximum Gasteiger partial charge on any atom is 0.248 e. The molecule has 1 aliphatic rings. The molecule has 0 aromatic heterocycles. The summed E-state index contributed by atoms with van der Waals surface area (Å²) in [5.74, 6) is -0.359. The fourth-order valence-electron chi connectivity index (χ4n) is 3.09. The van der Waals surface area contributed by atoms with E-state index >= 15 is 0 Å². The van der Waals surface area contributed by atoms with Crippen molar-refractivity contribution in [1.29, 1.82) is 0 Å². The summed E-state index contributed by atoms with van der Waals surface area (Å²) in [6.07, 6.45) is 2.51. The van der Waals surface area contributed by atoms with Gasteiger partial charge in [0.1, 0.15) is 12.0 Å². The van der Waals surface area contributed by atoms with Crippen LogP contribution >= 0.6 is 0 Å². The summed E-state index contributed by atoms with van der Waals surface area (Å²) in [6, 6.07) is 10.4. The Kier molecular flexibility index (Phi) is 5.75. The minimum absolute atomic E-state index is 0.192. The predicted octanol–water partition coefficient (Wildman–Crippen LogP) is 1.96. The Morgan fingerprint density at radius 1 is 1.18 bits per heavy atom. The average Bonchev–Trinajstić information content (AvgIpc) is 2.66. The van der Waals surface area contributed by atoms with Crippen LogP contribution in [0.1, 0.15) is 32.6 Å². The highest BCUT2D eigenvalue weighted by atomic mass is 19.1. The van der Waals surface area contributed by atoms with Gasteiger partial charge < -0.3 is 16.8 Å². The molecule has 2 aromatic carbocycles. The lowest BCUT2D eigenvalue weighted by atomic mass is 9.99. The zero-order valence-corrected chi connectivity index (χ0v) is 15.9. The van der Waals surface area contributed by atoms with Gasteiger partial charge in [0.05, 0.1) is 5.70 Å². The third-order valence-corrected chi connectivity index (χ3v) is 4.88. The summed E-state index contributed by atoms with van der Waals surface area (Å²) >= 11 is 0. The van der Waals surface area contributed by atoms with Crippen LogP contribution in [0.25, 0.3) is 5.70 Å². The van der Waals surface area contributed by atoms with E-state index < -0.39 is 5.91 Å². The van der Waals surface area contributed by atoms with Crippen LogP contribution in [0.2, 0.25) is 0 Å². The lowest BCUT2D eigenvalue weighted by Gasteiger charge is -2.23. The second-order valence-electron chi connectivity index (χ2n) is 6.78. The molecular weight excluding hydrogens is 357 g/mol. The SMILES string of the molecule is Cc1c(F)ccc(C2=CC(NCCc3ccc(C(N)=O)cc3)NC(N)=N2)c1C. The Bertz CT molecular complexity index is 950. The van der Waals surface area contributed by atoms with Gasteiger partial charge in [-0.2, -0.15) is 0 Å². The van der Waals surface area contributed by atoms with E-state index in [1.54, 1.807) is 25.1 Å². The average molecular weight is 381 g/mol. The van der Waals surface area contributed by atoms with Crippen LogP contribution < -0.4 is 22.1 Å². The van der Waals surface area contributed by atoms with Crippen molar-refractivity contribution >= 4 is 17.6 Å². The van der Waals surface area contributed by atoms with Crippen LogP contribution in [-0.2, 0) is 6.42 Å². The number of amides is 1. The maximum absolute atomic E-state index is 13.7. The van der Waals surface area contributed by atoms with Crippen LogP contribution in [0.3, 0.4) is 0 Å². The van der Waals surface area contributed by atoms with Crippen molar-refractivity contribution < 1.29 is 9.18 Å². The van der Waals surface area contributed by atoms with Crippen molar-refractivity contribution in [2.45, 2.75) is 26.4 Å². The van der Waals surface area contributed by atoms with E-state index in [-0.39, 0.29) is 12.0 Å². The first-order valence-corrected chi connectivity index (χ1v) is 9.06. The van der Waals surface area contributed by atoms with E-state index in [9.17, 15) is 9.18 Å². The van der Waals surface area contributed by atoms with Crippen molar-refractivity contribution in [2.24, 2.45) is 16.5 Å². The van der Waals surface area contributed by atoms with Crippen LogP contribution in [-0.4, -0.2) is 24.6 Å². The highest BCUT2D eigenvalue weighted by Crippen LogP contribution is 2.25. The minimum atomic E-state index is -0.435. The number of benzene rings is 2. The Balaban J connectivity index is 1.67. The number of guanidine groups is 1. The standard InChI is InChI=1S/C21H24FN5O/c1-12-13(2)17(22)8-7-16(12)18-11-19(27-21(24)26-18)25-10-9-14-3-5-15(6-4-14)20(23)28/h3-8,11,19,25H,9-10H2,1-2H3,(H2,23,28)(H3,24,26,27). The molecule has 2 aromatic rings. The van der Waals surface area contributed by atoms with Crippen molar-refractivity contribution in [3.8, 4) is 0 Å². The summed E-state index contributed by atoms with van der Waals surface area (Å²) in [5.41, 5.74) is 15.8. The lowest BCUT2D eigenvalue weighted by molar-refractivity contribution is 0.100. The number of primary amides is 1. The van der Waals surface area contributed by atoms with Crippen LogP contribution in [0.15, 0.2) is 47.5 Å². The number of rotatable bonds is 6. The molecule has 1 amide bonds. The zero-order chi connectivity index (χ0) is 20.3. The van der Waals surface area contributed by atoms with Crippen molar-refractivity contribution in [3.05, 3.63) is 76.1 Å². The quantitative estimate of drug-likeness (QED) is 0.614. The molecule has 1 aliphatic heterocycles.